The number of nitrogens with one attached hydrogen (secondary N) is 2. The first-order valence-electron chi connectivity index (χ1n) is 11.2. The molecule has 0 bridgehead atoms. The number of carbonyl (C=O) groups is 1. The monoisotopic (exact) mass is 583 g/mol. The molecule has 198 valence electrons. The average molecular weight is 585 g/mol. The first-order valence-corrected chi connectivity index (χ1v) is 15.3. The fraction of sp³-hybridized carbons (Fsp3) is 0.240. The van der Waals surface area contributed by atoms with Crippen LogP contribution < -0.4 is 14.3 Å². The summed E-state index contributed by atoms with van der Waals surface area (Å²) >= 11 is 12.2. The van der Waals surface area contributed by atoms with Gasteiger partial charge in [0.25, 0.3) is 10.0 Å². The lowest BCUT2D eigenvalue weighted by molar-refractivity contribution is -0.116. The van der Waals surface area contributed by atoms with Gasteiger partial charge >= 0.3 is 0 Å². The van der Waals surface area contributed by atoms with E-state index in [2.05, 4.69) is 10.0 Å². The SMILES string of the molecule is Cc1cccc(C)c1NS(=O)(=O)c1ccc(NC(=O)CCCN(c2cc(Cl)ccc2Cl)S(C)(=O)=O)cc1. The zero-order valence-corrected chi connectivity index (χ0v) is 23.6. The van der Waals surface area contributed by atoms with Gasteiger partial charge in [0.05, 0.1) is 27.5 Å². The van der Waals surface area contributed by atoms with Gasteiger partial charge in [-0.15, -0.1) is 0 Å². The van der Waals surface area contributed by atoms with Gasteiger partial charge in [-0.2, -0.15) is 0 Å². The van der Waals surface area contributed by atoms with Gasteiger partial charge in [0.1, 0.15) is 0 Å². The third kappa shape index (κ3) is 7.61. The van der Waals surface area contributed by atoms with E-state index in [1.165, 1.54) is 36.4 Å². The Morgan fingerprint density at radius 2 is 1.54 bits per heavy atom. The predicted octanol–water partition coefficient (Wildman–Crippen LogP) is 5.60. The van der Waals surface area contributed by atoms with Crippen LogP contribution in [-0.4, -0.2) is 35.5 Å². The summed E-state index contributed by atoms with van der Waals surface area (Å²) in [5.41, 5.74) is 2.79. The fourth-order valence-corrected chi connectivity index (χ4v) is 6.24. The van der Waals surface area contributed by atoms with E-state index in [1.54, 1.807) is 6.07 Å². The number of hydrogen-bond acceptors (Lipinski definition) is 5. The third-order valence-corrected chi connectivity index (χ3v) is 8.61. The van der Waals surface area contributed by atoms with Crippen molar-refractivity contribution < 1.29 is 21.6 Å². The van der Waals surface area contributed by atoms with Crippen molar-refractivity contribution in [1.29, 1.82) is 0 Å². The molecule has 12 heteroatoms. The minimum atomic E-state index is -3.82. The Morgan fingerprint density at radius 3 is 2.14 bits per heavy atom. The number of carbonyl (C=O) groups excluding carboxylic acids is 1. The van der Waals surface area contributed by atoms with Crippen molar-refractivity contribution in [3.8, 4) is 0 Å². The Morgan fingerprint density at radius 1 is 0.919 bits per heavy atom. The number of halogens is 2. The van der Waals surface area contributed by atoms with Crippen molar-refractivity contribution in [1.82, 2.24) is 0 Å². The molecule has 0 saturated carbocycles. The molecule has 3 rings (SSSR count). The maximum absolute atomic E-state index is 12.8. The number of para-hydroxylation sites is 1. The first-order chi connectivity index (χ1) is 17.3. The maximum Gasteiger partial charge on any atom is 0.261 e. The highest BCUT2D eigenvalue weighted by Gasteiger charge is 2.21. The van der Waals surface area contributed by atoms with Gasteiger partial charge < -0.3 is 5.32 Å². The molecule has 0 aliphatic rings. The quantitative estimate of drug-likeness (QED) is 0.322. The summed E-state index contributed by atoms with van der Waals surface area (Å²) in [4.78, 5) is 12.5. The molecule has 2 N–H and O–H groups in total. The molecule has 0 spiro atoms. The van der Waals surface area contributed by atoms with Crippen molar-refractivity contribution in [2.45, 2.75) is 31.6 Å². The van der Waals surface area contributed by atoms with Gasteiger partial charge in [0.2, 0.25) is 15.9 Å². The standard InChI is InChI=1S/C25H27Cl2N3O5S2/c1-17-6-4-7-18(2)25(17)29-37(34,35)21-12-10-20(11-13-21)28-24(31)8-5-15-30(36(3,32)33)23-16-19(26)9-14-22(23)27/h4,6-7,9-14,16,29H,5,8,15H2,1-3H3,(H,28,31). The summed E-state index contributed by atoms with van der Waals surface area (Å²) in [7, 11) is -7.48. The summed E-state index contributed by atoms with van der Waals surface area (Å²) in [6, 6.07) is 15.8. The number of hydrogen-bond donors (Lipinski definition) is 2. The summed E-state index contributed by atoms with van der Waals surface area (Å²) in [6.45, 7) is 3.66. The van der Waals surface area contributed by atoms with E-state index in [0.717, 1.165) is 21.7 Å². The molecule has 0 unspecified atom stereocenters. The van der Waals surface area contributed by atoms with Crippen LogP contribution in [0.3, 0.4) is 0 Å². The normalized spacial score (nSPS) is 11.7. The Hall–Kier alpha value is -2.79. The average Bonchev–Trinajstić information content (AvgIpc) is 2.81. The van der Waals surface area contributed by atoms with E-state index in [9.17, 15) is 21.6 Å². The van der Waals surface area contributed by atoms with E-state index >= 15 is 0 Å². The van der Waals surface area contributed by atoms with E-state index in [0.29, 0.717) is 16.4 Å². The molecular formula is C25H27Cl2N3O5S2. The molecule has 0 fully saturated rings. The van der Waals surface area contributed by atoms with Crippen molar-refractivity contribution in [3.05, 3.63) is 81.8 Å². The zero-order chi connectivity index (χ0) is 27.4. The molecule has 0 aromatic heterocycles. The Balaban J connectivity index is 1.61. The molecule has 8 nitrogen and oxygen atoms in total. The summed E-state index contributed by atoms with van der Waals surface area (Å²) in [6.07, 6.45) is 1.29. The van der Waals surface area contributed by atoms with E-state index < -0.39 is 20.0 Å². The smallest absolute Gasteiger partial charge is 0.261 e. The molecule has 0 heterocycles. The fourth-order valence-electron chi connectivity index (χ4n) is 3.63. The first kappa shape index (κ1) is 28.8. The van der Waals surface area contributed by atoms with Crippen molar-refractivity contribution >= 4 is 66.2 Å². The Bertz CT molecular complexity index is 1490. The molecule has 3 aromatic rings. The number of sulfonamides is 2. The number of amides is 1. The minimum absolute atomic E-state index is 0.0213. The summed E-state index contributed by atoms with van der Waals surface area (Å²) < 4.78 is 54.0. The van der Waals surface area contributed by atoms with Gasteiger partial charge in [-0.05, 0) is 73.9 Å². The second-order valence-electron chi connectivity index (χ2n) is 8.48. The number of aryl methyl sites for hydroxylation is 2. The van der Waals surface area contributed by atoms with Gasteiger partial charge in [0, 0.05) is 23.7 Å². The van der Waals surface area contributed by atoms with Crippen LogP contribution in [0.4, 0.5) is 17.1 Å². The van der Waals surface area contributed by atoms with Gasteiger partial charge in [-0.3, -0.25) is 13.8 Å². The number of benzene rings is 3. The van der Waals surface area contributed by atoms with Crippen LogP contribution in [0.25, 0.3) is 0 Å². The van der Waals surface area contributed by atoms with Crippen LogP contribution in [-0.2, 0) is 24.8 Å². The van der Waals surface area contributed by atoms with Crippen LogP contribution in [0.2, 0.25) is 10.0 Å². The minimum Gasteiger partial charge on any atom is -0.326 e. The molecule has 37 heavy (non-hydrogen) atoms. The van der Waals surface area contributed by atoms with Crippen molar-refractivity contribution in [2.24, 2.45) is 0 Å². The molecule has 0 saturated heterocycles. The molecule has 0 atom stereocenters. The number of rotatable bonds is 10. The van der Waals surface area contributed by atoms with Crippen LogP contribution in [0.1, 0.15) is 24.0 Å². The number of anilines is 3. The molecular weight excluding hydrogens is 557 g/mol. The van der Waals surface area contributed by atoms with Crippen LogP contribution >= 0.6 is 23.2 Å². The second kappa shape index (κ2) is 11.7. The molecule has 0 aliphatic carbocycles. The number of nitrogens with zero attached hydrogens (tertiary/aromatic N) is 1. The van der Waals surface area contributed by atoms with Gasteiger partial charge in [-0.25, -0.2) is 16.8 Å². The molecule has 1 amide bonds. The highest BCUT2D eigenvalue weighted by Crippen LogP contribution is 2.31. The topological polar surface area (TPSA) is 113 Å². The highest BCUT2D eigenvalue weighted by molar-refractivity contribution is 7.92. The molecule has 3 aromatic carbocycles. The van der Waals surface area contributed by atoms with E-state index in [-0.39, 0.29) is 40.9 Å². The van der Waals surface area contributed by atoms with Crippen molar-refractivity contribution in [2.75, 3.05) is 27.1 Å². The van der Waals surface area contributed by atoms with E-state index in [4.69, 9.17) is 23.2 Å². The summed E-state index contributed by atoms with van der Waals surface area (Å²) in [5, 5.41) is 3.25. The largest absolute Gasteiger partial charge is 0.326 e. The lowest BCUT2D eigenvalue weighted by Gasteiger charge is -2.23. The summed E-state index contributed by atoms with van der Waals surface area (Å²) in [5.74, 6) is -0.352. The highest BCUT2D eigenvalue weighted by atomic mass is 35.5. The van der Waals surface area contributed by atoms with Gasteiger partial charge in [0.15, 0.2) is 0 Å². The molecule has 0 radical (unpaired) electrons. The lowest BCUT2D eigenvalue weighted by Crippen LogP contribution is -2.31. The second-order valence-corrected chi connectivity index (χ2v) is 12.9. The third-order valence-electron chi connectivity index (χ3n) is 5.51. The van der Waals surface area contributed by atoms with Crippen LogP contribution in [0, 0.1) is 13.8 Å². The van der Waals surface area contributed by atoms with E-state index in [1.807, 2.05) is 32.0 Å². The predicted molar refractivity (Wildman–Crippen MR) is 150 cm³/mol. The van der Waals surface area contributed by atoms with Crippen molar-refractivity contribution in [3.63, 3.8) is 0 Å². The lowest BCUT2D eigenvalue weighted by atomic mass is 10.1. The molecule has 0 aliphatic heterocycles. The van der Waals surface area contributed by atoms with Crippen LogP contribution in [0.15, 0.2) is 65.6 Å². The zero-order valence-electron chi connectivity index (χ0n) is 20.5. The maximum atomic E-state index is 12.8. The Kier molecular flexibility index (Phi) is 9.12. The van der Waals surface area contributed by atoms with Gasteiger partial charge in [-0.1, -0.05) is 41.4 Å². The Labute approximate surface area is 227 Å². The van der Waals surface area contributed by atoms with Crippen LogP contribution in [0.5, 0.6) is 0 Å².